The predicted octanol–water partition coefficient (Wildman–Crippen LogP) is 10.3. The zero-order chi connectivity index (χ0) is 34.9. The summed E-state index contributed by atoms with van der Waals surface area (Å²) in [5, 5.41) is 10.6. The lowest BCUT2D eigenvalue weighted by molar-refractivity contribution is 0.310. The van der Waals surface area contributed by atoms with E-state index in [1.807, 2.05) is 0 Å². The first kappa shape index (κ1) is 29.2. The zero-order valence-corrected chi connectivity index (χ0v) is 29.1. The van der Waals surface area contributed by atoms with Gasteiger partial charge in [0, 0.05) is 43.5 Å². The number of fused-ring (bicyclic) bond motifs is 23. The van der Waals surface area contributed by atoms with Gasteiger partial charge in [-0.1, -0.05) is 119 Å². The number of hydrogen-bond donors (Lipinski definition) is 2. The molecule has 0 saturated carbocycles. The lowest BCUT2D eigenvalue weighted by atomic mass is 9.69. The van der Waals surface area contributed by atoms with Crippen LogP contribution in [0.1, 0.15) is 39.3 Å². The minimum absolute atomic E-state index is 0.449. The average molecular weight is 673 g/mol. The average Bonchev–Trinajstić information content (AvgIpc) is 3.85. The molecule has 9 aromatic rings. The largest absolute Gasteiger partial charge is 0.324 e. The van der Waals surface area contributed by atoms with E-state index in [1.54, 1.807) is 0 Å². The molecule has 0 radical (unpaired) electrons. The van der Waals surface area contributed by atoms with Crippen molar-refractivity contribution >= 4 is 76.5 Å². The molecule has 0 atom stereocenters. The molecule has 0 fully saturated rings. The third-order valence-corrected chi connectivity index (χ3v) is 11.7. The first-order valence-corrected chi connectivity index (χ1v) is 17.6. The Morgan fingerprint density at radius 1 is 0.385 bits per heavy atom. The standard InChI is InChI=1S/C44H32N8/c1-43(2)41-50-39-33-27-15-9-6-12-24(27)18-21-30(33)36(48-39)45-35-29-20-17-23-11-5-8-14-26(23)32(29)38(46-35)47-37-31-22-19-25-13-7-10-16-28(25)34(31)40(49-37)51-42(52-41)44(43,3)4/h5-22H,1-4H3,(H2,45,46,47,48,49,50,51,52). The van der Waals surface area contributed by atoms with Crippen LogP contribution in [-0.2, 0) is 10.8 Å². The number of rotatable bonds is 0. The number of H-pyrrole nitrogens is 2. The lowest BCUT2D eigenvalue weighted by Crippen LogP contribution is -2.37. The molecule has 3 aromatic heterocycles. The summed E-state index contributed by atoms with van der Waals surface area (Å²) < 4.78 is 0. The number of benzene rings is 6. The molecular formula is C44H32N8. The molecule has 8 nitrogen and oxygen atoms in total. The van der Waals surface area contributed by atoms with Crippen molar-refractivity contribution in [2.75, 3.05) is 0 Å². The number of nitrogens with one attached hydrogen (secondary N) is 2. The van der Waals surface area contributed by atoms with Crippen molar-refractivity contribution in [2.45, 2.75) is 38.5 Å². The summed E-state index contributed by atoms with van der Waals surface area (Å²) in [5.74, 6) is 2.61. The Balaban J connectivity index is 1.39. The van der Waals surface area contributed by atoms with E-state index in [9.17, 15) is 0 Å². The van der Waals surface area contributed by atoms with Gasteiger partial charge in [-0.3, -0.25) is 0 Å². The highest BCUT2D eigenvalue weighted by molar-refractivity contribution is 6.20. The van der Waals surface area contributed by atoms with E-state index in [2.05, 4.69) is 147 Å². The predicted molar refractivity (Wildman–Crippen MR) is 210 cm³/mol. The minimum atomic E-state index is -0.451. The van der Waals surface area contributed by atoms with Crippen molar-refractivity contribution in [3.8, 4) is 22.8 Å². The highest BCUT2D eigenvalue weighted by Crippen LogP contribution is 2.46. The van der Waals surface area contributed by atoms with Crippen LogP contribution in [0.2, 0.25) is 0 Å². The first-order chi connectivity index (χ1) is 25.3. The number of nitrogens with zero attached hydrogens (tertiary/aromatic N) is 6. The molecule has 0 saturated heterocycles. The van der Waals surface area contributed by atoms with Crippen LogP contribution in [0.25, 0.3) is 99.2 Å². The zero-order valence-electron chi connectivity index (χ0n) is 29.1. The molecule has 0 spiro atoms. The van der Waals surface area contributed by atoms with Gasteiger partial charge in [-0.05, 0) is 50.5 Å². The van der Waals surface area contributed by atoms with E-state index in [0.717, 1.165) is 65.0 Å². The van der Waals surface area contributed by atoms with Crippen LogP contribution >= 0.6 is 0 Å². The van der Waals surface area contributed by atoms with Crippen LogP contribution in [-0.4, -0.2) is 39.9 Å². The van der Waals surface area contributed by atoms with Gasteiger partial charge >= 0.3 is 0 Å². The van der Waals surface area contributed by atoms with Gasteiger partial charge in [0.2, 0.25) is 0 Å². The van der Waals surface area contributed by atoms with Crippen LogP contribution in [0.4, 0.5) is 0 Å². The molecule has 0 unspecified atom stereocenters. The molecule has 2 N–H and O–H groups in total. The molecule has 11 rings (SSSR count). The summed E-state index contributed by atoms with van der Waals surface area (Å²) >= 11 is 0. The van der Waals surface area contributed by atoms with E-state index in [0.29, 0.717) is 45.9 Å². The fraction of sp³-hybridized carbons (Fsp3) is 0.136. The summed E-state index contributed by atoms with van der Waals surface area (Å²) in [5.41, 5.74) is 3.79. The second-order valence-electron chi connectivity index (χ2n) is 15.0. The van der Waals surface area contributed by atoms with Crippen LogP contribution in [0.15, 0.2) is 109 Å². The Hall–Kier alpha value is -6.54. The Morgan fingerprint density at radius 2 is 0.846 bits per heavy atom. The van der Waals surface area contributed by atoms with Gasteiger partial charge in [-0.25, -0.2) is 29.9 Å². The molecular weight excluding hydrogens is 641 g/mol. The smallest absolute Gasteiger partial charge is 0.165 e. The van der Waals surface area contributed by atoms with Crippen LogP contribution < -0.4 is 0 Å². The molecule has 6 aromatic carbocycles. The molecule has 248 valence electrons. The van der Waals surface area contributed by atoms with Crippen molar-refractivity contribution in [3.05, 3.63) is 121 Å². The third-order valence-electron chi connectivity index (χ3n) is 11.7. The van der Waals surface area contributed by atoms with E-state index in [4.69, 9.17) is 29.9 Å². The molecule has 2 aliphatic rings. The van der Waals surface area contributed by atoms with E-state index in [1.165, 1.54) is 0 Å². The normalized spacial score (nSPS) is 14.8. The highest BCUT2D eigenvalue weighted by Gasteiger charge is 2.48. The summed E-state index contributed by atoms with van der Waals surface area (Å²) in [4.78, 5) is 39.1. The van der Waals surface area contributed by atoms with Gasteiger partial charge in [0.05, 0.1) is 0 Å². The maximum atomic E-state index is 5.37. The first-order valence-electron chi connectivity index (χ1n) is 17.6. The molecule has 8 bridgehead atoms. The highest BCUT2D eigenvalue weighted by atomic mass is 15.1. The van der Waals surface area contributed by atoms with E-state index >= 15 is 0 Å². The number of hydrogen-bond acceptors (Lipinski definition) is 6. The fourth-order valence-electron chi connectivity index (χ4n) is 8.05. The fourth-order valence-corrected chi connectivity index (χ4v) is 8.05. The molecule has 52 heavy (non-hydrogen) atoms. The molecule has 0 aliphatic carbocycles. The summed E-state index contributed by atoms with van der Waals surface area (Å²) in [6.07, 6.45) is 0. The van der Waals surface area contributed by atoms with Crippen molar-refractivity contribution in [3.63, 3.8) is 0 Å². The SMILES string of the molecule is CC1(C)c2nc(nc3[nH]c(nc4nc(nc5[nH]c(n2)c2c6ccccc6ccc52)-c2ccc5ccccc5c2-4)c2ccc4ccccc4c32)C1(C)C. The molecule has 0 amide bonds. The van der Waals surface area contributed by atoms with Gasteiger partial charge in [0.15, 0.2) is 11.6 Å². The maximum absolute atomic E-state index is 5.37. The van der Waals surface area contributed by atoms with Gasteiger partial charge < -0.3 is 9.97 Å². The molecule has 8 heteroatoms. The number of aromatic nitrogens is 8. The summed E-state index contributed by atoms with van der Waals surface area (Å²) in [7, 11) is 0. The van der Waals surface area contributed by atoms with Gasteiger partial charge in [0.1, 0.15) is 34.2 Å². The van der Waals surface area contributed by atoms with Crippen molar-refractivity contribution in [1.82, 2.24) is 39.9 Å². The second kappa shape index (κ2) is 10.0. The monoisotopic (exact) mass is 672 g/mol. The van der Waals surface area contributed by atoms with E-state index in [-0.39, 0.29) is 0 Å². The van der Waals surface area contributed by atoms with Crippen LogP contribution in [0.3, 0.4) is 0 Å². The van der Waals surface area contributed by atoms with Gasteiger partial charge in [0.25, 0.3) is 0 Å². The Morgan fingerprint density at radius 3 is 1.40 bits per heavy atom. The molecule has 2 aliphatic heterocycles. The second-order valence-corrected chi connectivity index (χ2v) is 15.0. The number of aromatic amines is 2. The van der Waals surface area contributed by atoms with Gasteiger partial charge in [-0.2, -0.15) is 0 Å². The summed E-state index contributed by atoms with van der Waals surface area (Å²) in [6.45, 7) is 8.82. The van der Waals surface area contributed by atoms with Crippen LogP contribution in [0.5, 0.6) is 0 Å². The Kier molecular flexibility index (Phi) is 5.64. The topological polar surface area (TPSA) is 109 Å². The lowest BCUT2D eigenvalue weighted by Gasteiger charge is -2.32. The van der Waals surface area contributed by atoms with E-state index < -0.39 is 10.8 Å². The third kappa shape index (κ3) is 3.86. The van der Waals surface area contributed by atoms with Gasteiger partial charge in [-0.15, -0.1) is 0 Å². The van der Waals surface area contributed by atoms with Crippen molar-refractivity contribution in [2.24, 2.45) is 0 Å². The minimum Gasteiger partial charge on any atom is -0.324 e. The van der Waals surface area contributed by atoms with Crippen molar-refractivity contribution < 1.29 is 0 Å². The Labute approximate surface area is 297 Å². The quantitative estimate of drug-likeness (QED) is 0.166. The van der Waals surface area contributed by atoms with Crippen LogP contribution in [0, 0.1) is 0 Å². The maximum Gasteiger partial charge on any atom is 0.165 e. The van der Waals surface area contributed by atoms with Crippen molar-refractivity contribution in [1.29, 1.82) is 0 Å². The Bertz CT molecular complexity index is 3200. The molecule has 5 heterocycles. The summed E-state index contributed by atoms with van der Waals surface area (Å²) in [6, 6.07) is 38.0.